The first-order valence-electron chi connectivity index (χ1n) is 10.3. The van der Waals surface area contributed by atoms with Crippen molar-refractivity contribution in [2.24, 2.45) is 11.8 Å². The highest BCUT2D eigenvalue weighted by Crippen LogP contribution is 2.43. The van der Waals surface area contributed by atoms with Crippen LogP contribution in [-0.2, 0) is 0 Å². The van der Waals surface area contributed by atoms with Crippen molar-refractivity contribution in [2.45, 2.75) is 39.3 Å². The Morgan fingerprint density at radius 2 is 2.03 bits per heavy atom. The molecule has 1 saturated carbocycles. The molecule has 3 aliphatic rings. The number of ether oxygens (including phenoxy) is 1. The van der Waals surface area contributed by atoms with Gasteiger partial charge in [0.1, 0.15) is 16.6 Å². The van der Waals surface area contributed by atoms with Gasteiger partial charge < -0.3 is 15.0 Å². The molecule has 1 aromatic carbocycles. The Hall–Kier alpha value is -2.68. The number of nitrogens with one attached hydrogen (secondary N) is 1. The zero-order chi connectivity index (χ0) is 20.8. The number of aryl methyl sites for hydroxylation is 1. The fourth-order valence-corrected chi connectivity index (χ4v) is 5.14. The number of hydrogen-bond donors (Lipinski definition) is 1. The van der Waals surface area contributed by atoms with Gasteiger partial charge in [0, 0.05) is 25.2 Å². The monoisotopic (exact) mass is 428 g/mol. The molecule has 3 atom stereocenters. The van der Waals surface area contributed by atoms with Gasteiger partial charge in [0.15, 0.2) is 0 Å². The lowest BCUT2D eigenvalue weighted by Gasteiger charge is -2.53. The average molecular weight is 429 g/mol. The third-order valence-electron chi connectivity index (χ3n) is 5.85. The summed E-state index contributed by atoms with van der Waals surface area (Å²) in [6.07, 6.45) is 1.23. The summed E-state index contributed by atoms with van der Waals surface area (Å²) in [5.41, 5.74) is 1.08. The SMILES string of the molecule is Cc1cc(N2CC3C[C@@H](C2)C3Nc2nc(Oc3cccc(F)c3)n(C(C)C)n2)sn1. The lowest BCUT2D eigenvalue weighted by molar-refractivity contribution is 0.130. The highest BCUT2D eigenvalue weighted by atomic mass is 32.1. The first-order chi connectivity index (χ1) is 14.5. The van der Waals surface area contributed by atoms with Gasteiger partial charge in [0.05, 0.1) is 11.7 Å². The van der Waals surface area contributed by atoms with Crippen molar-refractivity contribution in [3.63, 3.8) is 0 Å². The molecule has 3 fully saturated rings. The van der Waals surface area contributed by atoms with Crippen LogP contribution in [0.15, 0.2) is 30.3 Å². The Morgan fingerprint density at radius 1 is 1.23 bits per heavy atom. The van der Waals surface area contributed by atoms with E-state index in [0.29, 0.717) is 35.6 Å². The molecule has 2 bridgehead atoms. The fraction of sp³-hybridized carbons (Fsp3) is 0.476. The molecule has 2 unspecified atom stereocenters. The van der Waals surface area contributed by atoms with Gasteiger partial charge in [-0.15, -0.1) is 5.10 Å². The fourth-order valence-electron chi connectivity index (χ4n) is 4.36. The van der Waals surface area contributed by atoms with Crippen molar-refractivity contribution >= 4 is 22.5 Å². The van der Waals surface area contributed by atoms with Crippen molar-refractivity contribution in [2.75, 3.05) is 23.3 Å². The molecule has 6 rings (SSSR count). The van der Waals surface area contributed by atoms with Gasteiger partial charge in [-0.25, -0.2) is 9.07 Å². The minimum absolute atomic E-state index is 0.0718. The van der Waals surface area contributed by atoms with Crippen LogP contribution in [0.2, 0.25) is 0 Å². The van der Waals surface area contributed by atoms with Gasteiger partial charge >= 0.3 is 6.01 Å². The van der Waals surface area contributed by atoms with Crippen molar-refractivity contribution in [3.8, 4) is 11.8 Å². The third kappa shape index (κ3) is 3.62. The van der Waals surface area contributed by atoms with E-state index in [9.17, 15) is 4.39 Å². The molecule has 2 aliphatic heterocycles. The topological polar surface area (TPSA) is 68.1 Å². The van der Waals surface area contributed by atoms with Gasteiger partial charge in [-0.2, -0.15) is 9.36 Å². The van der Waals surface area contributed by atoms with Crippen molar-refractivity contribution in [1.29, 1.82) is 0 Å². The first kappa shape index (κ1) is 19.3. The van der Waals surface area contributed by atoms with Crippen molar-refractivity contribution in [3.05, 3.63) is 41.8 Å². The van der Waals surface area contributed by atoms with E-state index >= 15 is 0 Å². The summed E-state index contributed by atoms with van der Waals surface area (Å²) < 4.78 is 25.5. The normalized spacial score (nSPS) is 22.8. The predicted molar refractivity (Wildman–Crippen MR) is 115 cm³/mol. The standard InChI is InChI=1S/C21H25FN6OS/c1-12(2)28-21(29-17-6-4-5-16(22)9-17)24-20(25-28)23-19-14-8-15(19)11-27(10-14)18-7-13(3)26-30-18/h4-7,9,12,14-15,19H,8,10-11H2,1-3H3,(H,23,25)/t14-,15?,19?/m0/s1. The Kier molecular flexibility index (Phi) is 4.85. The summed E-state index contributed by atoms with van der Waals surface area (Å²) in [7, 11) is 0. The summed E-state index contributed by atoms with van der Waals surface area (Å²) in [4.78, 5) is 7.01. The summed E-state index contributed by atoms with van der Waals surface area (Å²) >= 11 is 1.58. The zero-order valence-electron chi connectivity index (χ0n) is 17.2. The summed E-state index contributed by atoms with van der Waals surface area (Å²) in [5.74, 6) is 1.75. The van der Waals surface area contributed by atoms with Crippen LogP contribution in [0.4, 0.5) is 15.3 Å². The van der Waals surface area contributed by atoms with Gasteiger partial charge in [-0.05, 0) is 68.8 Å². The Labute approximate surface area is 179 Å². The molecule has 158 valence electrons. The number of piperidine rings is 2. The molecule has 2 saturated heterocycles. The lowest BCUT2D eigenvalue weighted by atomic mass is 9.66. The van der Waals surface area contributed by atoms with Gasteiger partial charge in [0.2, 0.25) is 5.95 Å². The highest BCUT2D eigenvalue weighted by Gasteiger charge is 2.47. The van der Waals surface area contributed by atoms with Crippen LogP contribution in [-0.4, -0.2) is 38.3 Å². The van der Waals surface area contributed by atoms with Crippen LogP contribution in [0, 0.1) is 24.6 Å². The Balaban J connectivity index is 1.29. The smallest absolute Gasteiger partial charge is 0.322 e. The molecular weight excluding hydrogens is 403 g/mol. The molecule has 7 nitrogen and oxygen atoms in total. The zero-order valence-corrected chi connectivity index (χ0v) is 18.1. The highest BCUT2D eigenvalue weighted by molar-refractivity contribution is 7.10. The molecule has 0 spiro atoms. The van der Waals surface area contributed by atoms with E-state index in [-0.39, 0.29) is 11.9 Å². The summed E-state index contributed by atoms with van der Waals surface area (Å²) in [6, 6.07) is 9.03. The van der Waals surface area contributed by atoms with E-state index < -0.39 is 0 Å². The molecule has 30 heavy (non-hydrogen) atoms. The van der Waals surface area contributed by atoms with Gasteiger partial charge in [-0.1, -0.05) is 6.07 Å². The Bertz CT molecular complexity index is 1040. The molecular formula is C21H25FN6OS. The number of nitrogens with zero attached hydrogens (tertiary/aromatic N) is 5. The Morgan fingerprint density at radius 3 is 2.70 bits per heavy atom. The third-order valence-corrected chi connectivity index (χ3v) is 6.79. The maximum atomic E-state index is 13.5. The summed E-state index contributed by atoms with van der Waals surface area (Å²) in [6.45, 7) is 8.11. The number of aromatic nitrogens is 4. The molecule has 3 aromatic rings. The first-order valence-corrected chi connectivity index (χ1v) is 11.1. The van der Waals surface area contributed by atoms with E-state index in [1.54, 1.807) is 28.3 Å². The number of fused-ring (bicyclic) bond motifs is 2. The van der Waals surface area contributed by atoms with Crippen molar-refractivity contribution in [1.82, 2.24) is 19.1 Å². The number of hydrogen-bond acceptors (Lipinski definition) is 7. The molecule has 1 N–H and O–H groups in total. The molecule has 4 heterocycles. The van der Waals surface area contributed by atoms with Crippen LogP contribution in [0.5, 0.6) is 11.8 Å². The van der Waals surface area contributed by atoms with Crippen LogP contribution < -0.4 is 15.0 Å². The minimum Gasteiger partial charge on any atom is -0.424 e. The molecule has 1 aliphatic carbocycles. The molecule has 0 radical (unpaired) electrons. The van der Waals surface area contributed by atoms with Crippen molar-refractivity contribution < 1.29 is 9.13 Å². The van der Waals surface area contributed by atoms with Crippen LogP contribution in [0.25, 0.3) is 0 Å². The lowest BCUT2D eigenvalue weighted by Crippen LogP contribution is -2.61. The van der Waals surface area contributed by atoms with Crippen LogP contribution in [0.1, 0.15) is 32.0 Å². The van der Waals surface area contributed by atoms with E-state index in [1.807, 2.05) is 20.8 Å². The second-order valence-corrected chi connectivity index (χ2v) is 9.24. The second kappa shape index (κ2) is 7.54. The number of benzene rings is 1. The average Bonchev–Trinajstić information content (AvgIpc) is 3.32. The van der Waals surface area contributed by atoms with E-state index in [2.05, 4.69) is 30.7 Å². The summed E-state index contributed by atoms with van der Waals surface area (Å²) in [5, 5.41) is 9.40. The maximum absolute atomic E-state index is 13.5. The molecule has 0 amide bonds. The maximum Gasteiger partial charge on any atom is 0.322 e. The predicted octanol–water partition coefficient (Wildman–Crippen LogP) is 4.49. The van der Waals surface area contributed by atoms with E-state index in [4.69, 9.17) is 4.74 Å². The second-order valence-electron chi connectivity index (χ2n) is 8.45. The van der Waals surface area contributed by atoms with Crippen LogP contribution in [0.3, 0.4) is 0 Å². The number of rotatable bonds is 6. The van der Waals surface area contributed by atoms with Gasteiger partial charge in [0.25, 0.3) is 0 Å². The van der Waals surface area contributed by atoms with E-state index in [1.165, 1.54) is 23.6 Å². The largest absolute Gasteiger partial charge is 0.424 e. The van der Waals surface area contributed by atoms with Gasteiger partial charge in [-0.3, -0.25) is 0 Å². The molecule has 2 aromatic heterocycles. The van der Waals surface area contributed by atoms with Crippen LogP contribution >= 0.6 is 11.5 Å². The van der Waals surface area contributed by atoms with E-state index in [0.717, 1.165) is 18.8 Å². The quantitative estimate of drug-likeness (QED) is 0.624. The number of halogens is 1. The minimum atomic E-state index is -0.343. The number of anilines is 2. The molecule has 9 heteroatoms.